The van der Waals surface area contributed by atoms with Crippen LogP contribution in [0.4, 0.5) is 0 Å². The summed E-state index contributed by atoms with van der Waals surface area (Å²) in [5, 5.41) is 0. The molecule has 0 saturated carbocycles. The van der Waals surface area contributed by atoms with Crippen molar-refractivity contribution in [1.82, 2.24) is 0 Å². The third-order valence-corrected chi connectivity index (χ3v) is 0. The Morgan fingerprint density at radius 1 is 0.750 bits per heavy atom. The average Bonchev–Trinajstić information content (AvgIpc) is 0.918. The van der Waals surface area contributed by atoms with Crippen LogP contribution < -0.4 is 0 Å². The van der Waals surface area contributed by atoms with Gasteiger partial charge in [0.25, 0.3) is 0 Å². The molecule has 8 N–H and O–H groups in total. The van der Waals surface area contributed by atoms with Gasteiger partial charge in [-0.05, 0) is 0 Å². The normalized spacial score (nSPS) is 2.00. The van der Waals surface area contributed by atoms with Crippen molar-refractivity contribution >= 4 is 12.4 Å². The van der Waals surface area contributed by atoms with Gasteiger partial charge in [-0.15, -0.1) is 12.4 Å². The molecule has 0 aromatic carbocycles. The van der Waals surface area contributed by atoms with E-state index in [1.54, 1.807) is 0 Å². The van der Waals surface area contributed by atoms with E-state index in [9.17, 15) is 0 Å². The van der Waals surface area contributed by atoms with Crippen molar-refractivity contribution in [2.45, 2.75) is 0 Å². The summed E-state index contributed by atoms with van der Waals surface area (Å²) < 4.78 is 17.0. The summed E-state index contributed by atoms with van der Waals surface area (Å²) in [4.78, 5) is 0. The van der Waals surface area contributed by atoms with Crippen LogP contribution in [-0.4, -0.2) is 0 Å². The Kier molecular flexibility index (Phi) is 1620. The molecular weight excluding hydrogens is 314 g/mol. The van der Waals surface area contributed by atoms with Crippen molar-refractivity contribution in [2.24, 2.45) is 0 Å². The molecule has 0 heterocycles. The molecule has 0 bridgehead atoms. The van der Waals surface area contributed by atoms with Gasteiger partial charge in [0.15, 0.2) is 0 Å². The van der Waals surface area contributed by atoms with Crippen LogP contribution in [0.25, 0.3) is 24.6 Å². The summed E-state index contributed by atoms with van der Waals surface area (Å²) in [5.41, 5.74) is 0. The quantitative estimate of drug-likeness (QED) is 0.668. The van der Waals surface area contributed by atoms with Gasteiger partial charge in [0, 0.05) is 0 Å². The Balaban J connectivity index is -0.00000000200. The minimum atomic E-state index is -2.08. The summed E-state index contributed by atoms with van der Waals surface area (Å²) in [6, 6.07) is 0. The van der Waals surface area contributed by atoms with Gasteiger partial charge in [0.2, 0.25) is 0 Å². The average molecular weight is 323 g/mol. The molecule has 0 spiro atoms. The van der Waals surface area contributed by atoms with E-state index in [2.05, 4.69) is 0 Å². The molecule has 0 fully saturated rings. The van der Waals surface area contributed by atoms with E-state index in [0.29, 0.717) is 0 Å². The second-order valence-corrected chi connectivity index (χ2v) is 0.482. The molecule has 0 aliphatic rings. The van der Waals surface area contributed by atoms with Crippen LogP contribution in [0.1, 0.15) is 0 Å². The number of hydrogen-bond acceptors (Lipinski definition) is 2. The topological polar surface area (TPSA) is 168 Å². The van der Waals surface area contributed by atoms with Crippen molar-refractivity contribution < 1.29 is 24.4 Å². The second kappa shape index (κ2) is 160. The zero-order valence-electron chi connectivity index (χ0n) is 3.89. The van der Waals surface area contributed by atoms with Crippen LogP contribution in [-0.2, 0) is 24.4 Å². The van der Waals surface area contributed by atoms with Crippen LogP contribution >= 0.6 is 12.4 Å². The van der Waals surface area contributed by atoms with Crippen molar-refractivity contribution in [1.29, 1.82) is 0 Å². The van der Waals surface area contributed by atoms with E-state index in [0.717, 1.165) is 0 Å². The zero-order chi connectivity index (χ0) is 2.71. The van der Waals surface area contributed by atoms with E-state index in [1.807, 2.05) is 0 Å². The van der Waals surface area contributed by atoms with Gasteiger partial charge in [0.05, 0.1) is 0 Å². The standard InChI is InChI=1S/ClH.4H2N.2O.Os/h1H;4*1H2;;;/q;4*-1;;;. The SMILES string of the molecule is Cl.[NH2-].[NH2-].[NH2-].[NH2-].[O]=[Os]=[O]. The van der Waals surface area contributed by atoms with E-state index in [-0.39, 0.29) is 37.0 Å². The molecule has 8 heteroatoms. The van der Waals surface area contributed by atoms with Gasteiger partial charge in [-0.2, -0.15) is 0 Å². The Morgan fingerprint density at radius 3 is 0.750 bits per heavy atom. The van der Waals surface area contributed by atoms with E-state index < -0.39 is 17.3 Å². The van der Waals surface area contributed by atoms with Crippen molar-refractivity contribution in [3.8, 4) is 0 Å². The first kappa shape index (κ1) is 81.1. The van der Waals surface area contributed by atoms with E-state index in [1.165, 1.54) is 0 Å². The van der Waals surface area contributed by atoms with Crippen molar-refractivity contribution in [2.75, 3.05) is 0 Å². The first-order valence-corrected chi connectivity index (χ1v) is 2.36. The maximum atomic E-state index is 8.51. The molecule has 0 amide bonds. The Hall–Kier alpha value is 0.366. The summed E-state index contributed by atoms with van der Waals surface area (Å²) in [6.45, 7) is 0. The third kappa shape index (κ3) is 1370. The number of rotatable bonds is 0. The van der Waals surface area contributed by atoms with Crippen molar-refractivity contribution in [3.63, 3.8) is 0 Å². The molecule has 0 aliphatic heterocycles. The Morgan fingerprint density at radius 2 is 0.750 bits per heavy atom. The van der Waals surface area contributed by atoms with Crippen LogP contribution in [0.2, 0.25) is 0 Å². The maximum absolute atomic E-state index is 8.51. The predicted molar refractivity (Wildman–Crippen MR) is 29.8 cm³/mol. The second-order valence-electron chi connectivity index (χ2n) is 0.0589. The van der Waals surface area contributed by atoms with Crippen LogP contribution in [0.5, 0.6) is 0 Å². The molecule has 0 aromatic heterocycles. The molecular formula is H9ClN4O2Os-4. The van der Waals surface area contributed by atoms with Gasteiger partial charge < -0.3 is 24.6 Å². The van der Waals surface area contributed by atoms with Gasteiger partial charge in [0.1, 0.15) is 0 Å². The van der Waals surface area contributed by atoms with Gasteiger partial charge in [-0.3, -0.25) is 0 Å². The van der Waals surface area contributed by atoms with Gasteiger partial charge >= 0.3 is 24.4 Å². The first-order chi connectivity index (χ1) is 1.41. The fraction of sp³-hybridized carbons (Fsp3) is 0. The number of hydrogen-bond donors (Lipinski definition) is 0. The molecule has 8 heavy (non-hydrogen) atoms. The molecule has 6 nitrogen and oxygen atoms in total. The van der Waals surface area contributed by atoms with E-state index in [4.69, 9.17) is 7.08 Å². The molecule has 0 saturated heterocycles. The molecule has 60 valence electrons. The minimum absolute atomic E-state index is 0. The summed E-state index contributed by atoms with van der Waals surface area (Å²) in [7, 11) is 0. The predicted octanol–water partition coefficient (Wildman–Crippen LogP) is 3.05. The molecule has 0 aromatic rings. The molecule has 0 rings (SSSR count). The van der Waals surface area contributed by atoms with E-state index >= 15 is 0 Å². The first-order valence-electron chi connectivity index (χ1n) is 0.289. The van der Waals surface area contributed by atoms with Crippen molar-refractivity contribution in [3.05, 3.63) is 24.6 Å². The molecule has 0 unspecified atom stereocenters. The summed E-state index contributed by atoms with van der Waals surface area (Å²) >= 11 is -2.08. The zero-order valence-corrected chi connectivity index (χ0v) is 7.24. The fourth-order valence-corrected chi connectivity index (χ4v) is 0. The molecule has 0 atom stereocenters. The monoisotopic (exact) mass is 324 g/mol. The van der Waals surface area contributed by atoms with Crippen LogP contribution in [0.3, 0.4) is 0 Å². The summed E-state index contributed by atoms with van der Waals surface area (Å²) in [5.74, 6) is 0. The third-order valence-electron chi connectivity index (χ3n) is 0. The molecule has 0 aliphatic carbocycles. The number of nitrogens with two attached hydrogens (primary N) is 4. The Bertz CT molecular complexity index is 35.0. The fourth-order valence-electron chi connectivity index (χ4n) is 0. The summed E-state index contributed by atoms with van der Waals surface area (Å²) in [6.07, 6.45) is 0. The Labute approximate surface area is 61.9 Å². The van der Waals surface area contributed by atoms with Crippen LogP contribution in [0.15, 0.2) is 0 Å². The van der Waals surface area contributed by atoms with Gasteiger partial charge in [-0.1, -0.05) is 0 Å². The van der Waals surface area contributed by atoms with Crippen LogP contribution in [0, 0.1) is 0 Å². The molecule has 0 radical (unpaired) electrons. The van der Waals surface area contributed by atoms with Gasteiger partial charge in [-0.25, -0.2) is 0 Å². The number of halogens is 1.